The van der Waals surface area contributed by atoms with Gasteiger partial charge in [-0.2, -0.15) is 0 Å². The van der Waals surface area contributed by atoms with Crippen molar-refractivity contribution in [1.29, 1.82) is 0 Å². The fourth-order valence-corrected chi connectivity index (χ4v) is 3.06. The van der Waals surface area contributed by atoms with E-state index in [9.17, 15) is 0 Å². The van der Waals surface area contributed by atoms with Gasteiger partial charge in [-0.3, -0.25) is 0 Å². The minimum Gasteiger partial charge on any atom is -0.117 e. The van der Waals surface area contributed by atoms with Gasteiger partial charge >= 0.3 is 0 Å². The van der Waals surface area contributed by atoms with Gasteiger partial charge in [0.05, 0.1) is 5.38 Å². The second kappa shape index (κ2) is 6.20. The first-order valence-corrected chi connectivity index (χ1v) is 7.66. The molecule has 0 heterocycles. The molecule has 0 spiro atoms. The van der Waals surface area contributed by atoms with Crippen LogP contribution in [0.15, 0.2) is 30.3 Å². The first-order valence-electron chi connectivity index (χ1n) is 6.85. The number of alkyl halides is 1. The largest absolute Gasteiger partial charge is 0.117 e. The van der Waals surface area contributed by atoms with Crippen molar-refractivity contribution in [3.8, 4) is 0 Å². The maximum absolute atomic E-state index is 6.58. The summed E-state index contributed by atoms with van der Waals surface area (Å²) in [5, 5.41) is 0.667. The van der Waals surface area contributed by atoms with E-state index >= 15 is 0 Å². The predicted octanol–water partition coefficient (Wildman–Crippen LogP) is 6.10. The topological polar surface area (TPSA) is 0 Å². The van der Waals surface area contributed by atoms with Crippen molar-refractivity contribution in [2.45, 2.75) is 39.5 Å². The fraction of sp³-hybridized carbons (Fsp3) is 0.333. The van der Waals surface area contributed by atoms with E-state index in [2.05, 4.69) is 52.0 Å². The lowest BCUT2D eigenvalue weighted by atomic mass is 9.98. The van der Waals surface area contributed by atoms with Crippen LogP contribution in [0, 0.1) is 27.7 Å². The van der Waals surface area contributed by atoms with Crippen LogP contribution >= 0.6 is 23.2 Å². The number of benzene rings is 2. The molecule has 0 amide bonds. The van der Waals surface area contributed by atoms with E-state index in [4.69, 9.17) is 23.2 Å². The number of halogens is 2. The highest BCUT2D eigenvalue weighted by Crippen LogP contribution is 2.33. The molecule has 1 atom stereocenters. The standard InChI is InChI=1S/C18H20Cl2/c1-11-5-6-15(7-12(11)2)10-18(20)16-8-13(3)14(4)9-17(16)19/h5-9,18H,10H2,1-4H3. The molecule has 0 fully saturated rings. The average Bonchev–Trinajstić information content (AvgIpc) is 2.38. The van der Waals surface area contributed by atoms with Crippen molar-refractivity contribution in [3.05, 3.63) is 68.7 Å². The van der Waals surface area contributed by atoms with Crippen LogP contribution in [0.25, 0.3) is 0 Å². The third-order valence-corrected chi connectivity index (χ3v) is 4.65. The molecule has 2 aromatic carbocycles. The highest BCUT2D eigenvalue weighted by Gasteiger charge is 2.14. The maximum Gasteiger partial charge on any atom is 0.0640 e. The molecule has 106 valence electrons. The van der Waals surface area contributed by atoms with Crippen LogP contribution in [0.4, 0.5) is 0 Å². The van der Waals surface area contributed by atoms with Gasteiger partial charge in [0.25, 0.3) is 0 Å². The van der Waals surface area contributed by atoms with E-state index in [0.29, 0.717) is 0 Å². The summed E-state index contributed by atoms with van der Waals surface area (Å²) < 4.78 is 0. The summed E-state index contributed by atoms with van der Waals surface area (Å²) in [4.78, 5) is 0. The molecule has 0 saturated heterocycles. The zero-order chi connectivity index (χ0) is 14.9. The number of hydrogen-bond donors (Lipinski definition) is 0. The lowest BCUT2D eigenvalue weighted by Crippen LogP contribution is -1.99. The molecule has 2 aromatic rings. The summed E-state index contributed by atoms with van der Waals surface area (Å²) in [6.45, 7) is 8.41. The number of hydrogen-bond acceptors (Lipinski definition) is 0. The molecular formula is C18H20Cl2. The minimum atomic E-state index is -0.0936. The molecule has 0 saturated carbocycles. The number of aryl methyl sites for hydroxylation is 4. The average molecular weight is 307 g/mol. The second-order valence-corrected chi connectivity index (χ2v) is 6.48. The van der Waals surface area contributed by atoms with Gasteiger partial charge in [-0.1, -0.05) is 35.9 Å². The molecule has 20 heavy (non-hydrogen) atoms. The summed E-state index contributed by atoms with van der Waals surface area (Å²) in [5.41, 5.74) is 7.32. The van der Waals surface area contributed by atoms with Gasteiger partial charge in [-0.25, -0.2) is 0 Å². The molecule has 0 aromatic heterocycles. The molecule has 0 aliphatic carbocycles. The molecule has 0 radical (unpaired) electrons. The third kappa shape index (κ3) is 3.37. The Morgan fingerprint density at radius 3 is 2.10 bits per heavy atom. The van der Waals surface area contributed by atoms with Crippen LogP contribution in [0.1, 0.15) is 38.8 Å². The van der Waals surface area contributed by atoms with Gasteiger partial charge < -0.3 is 0 Å². The van der Waals surface area contributed by atoms with E-state index in [1.807, 2.05) is 6.07 Å². The maximum atomic E-state index is 6.58. The Morgan fingerprint density at radius 2 is 1.45 bits per heavy atom. The molecule has 1 unspecified atom stereocenters. The minimum absolute atomic E-state index is 0.0936. The third-order valence-electron chi connectivity index (χ3n) is 3.94. The van der Waals surface area contributed by atoms with Crippen molar-refractivity contribution >= 4 is 23.2 Å². The summed E-state index contributed by atoms with van der Waals surface area (Å²) in [6.07, 6.45) is 0.797. The van der Waals surface area contributed by atoms with E-state index in [1.54, 1.807) is 0 Å². The predicted molar refractivity (Wildman–Crippen MR) is 89.1 cm³/mol. The van der Waals surface area contributed by atoms with Crippen LogP contribution in [0.5, 0.6) is 0 Å². The number of rotatable bonds is 3. The lowest BCUT2D eigenvalue weighted by Gasteiger charge is -2.15. The quantitative estimate of drug-likeness (QED) is 0.601. The van der Waals surface area contributed by atoms with Crippen molar-refractivity contribution in [3.63, 3.8) is 0 Å². The first kappa shape index (κ1) is 15.4. The van der Waals surface area contributed by atoms with Gasteiger partial charge in [0.2, 0.25) is 0 Å². The summed E-state index contributed by atoms with van der Waals surface area (Å²) in [7, 11) is 0. The molecule has 0 N–H and O–H groups in total. The molecular weight excluding hydrogens is 287 g/mol. The van der Waals surface area contributed by atoms with Gasteiger partial charge in [0.15, 0.2) is 0 Å². The molecule has 2 heteroatoms. The smallest absolute Gasteiger partial charge is 0.0640 e. The van der Waals surface area contributed by atoms with E-state index in [1.165, 1.54) is 27.8 Å². The Balaban J connectivity index is 2.25. The van der Waals surface area contributed by atoms with Crippen LogP contribution in [-0.2, 0) is 6.42 Å². The molecule has 0 nitrogen and oxygen atoms in total. The normalized spacial score (nSPS) is 12.5. The summed E-state index contributed by atoms with van der Waals surface area (Å²) in [6, 6.07) is 10.6. The monoisotopic (exact) mass is 306 g/mol. The SMILES string of the molecule is Cc1ccc(CC(Cl)c2cc(C)c(C)cc2Cl)cc1C. The molecule has 0 aliphatic heterocycles. The highest BCUT2D eigenvalue weighted by molar-refractivity contribution is 6.32. The van der Waals surface area contributed by atoms with Crippen molar-refractivity contribution < 1.29 is 0 Å². The molecule has 2 rings (SSSR count). The van der Waals surface area contributed by atoms with Gasteiger partial charge in [0, 0.05) is 5.02 Å². The van der Waals surface area contributed by atoms with E-state index in [0.717, 1.165) is 17.0 Å². The Labute approximate surface area is 131 Å². The van der Waals surface area contributed by atoms with Crippen LogP contribution in [-0.4, -0.2) is 0 Å². The highest BCUT2D eigenvalue weighted by atomic mass is 35.5. The van der Waals surface area contributed by atoms with Crippen molar-refractivity contribution in [2.75, 3.05) is 0 Å². The Hall–Kier alpha value is -0.980. The van der Waals surface area contributed by atoms with Crippen LogP contribution in [0.2, 0.25) is 5.02 Å². The van der Waals surface area contributed by atoms with Gasteiger partial charge in [0.1, 0.15) is 0 Å². The van der Waals surface area contributed by atoms with Crippen LogP contribution < -0.4 is 0 Å². The van der Waals surface area contributed by atoms with E-state index < -0.39 is 0 Å². The van der Waals surface area contributed by atoms with Gasteiger partial charge in [-0.05, 0) is 73.6 Å². The molecule has 0 aliphatic rings. The Morgan fingerprint density at radius 1 is 0.850 bits per heavy atom. The van der Waals surface area contributed by atoms with Crippen LogP contribution in [0.3, 0.4) is 0 Å². The van der Waals surface area contributed by atoms with Crippen molar-refractivity contribution in [1.82, 2.24) is 0 Å². The van der Waals surface area contributed by atoms with E-state index in [-0.39, 0.29) is 5.38 Å². The van der Waals surface area contributed by atoms with Crippen molar-refractivity contribution in [2.24, 2.45) is 0 Å². The fourth-order valence-electron chi connectivity index (χ4n) is 2.29. The van der Waals surface area contributed by atoms with Gasteiger partial charge in [-0.15, -0.1) is 11.6 Å². The Kier molecular flexibility index (Phi) is 4.78. The summed E-state index contributed by atoms with van der Waals surface area (Å²) in [5.74, 6) is 0. The summed E-state index contributed by atoms with van der Waals surface area (Å²) >= 11 is 12.9. The zero-order valence-corrected chi connectivity index (χ0v) is 13.9. The first-order chi connectivity index (χ1) is 9.38. The second-order valence-electron chi connectivity index (χ2n) is 5.55. The lowest BCUT2D eigenvalue weighted by molar-refractivity contribution is 0.914. The Bertz CT molecular complexity index is 630. The molecule has 0 bridgehead atoms. The zero-order valence-electron chi connectivity index (χ0n) is 12.4.